The normalized spacial score (nSPS) is 22.9. The maximum Gasteiger partial charge on any atom is 0.416 e. The molecule has 2 rings (SSSR count). The Labute approximate surface area is 121 Å². The first-order valence-corrected chi connectivity index (χ1v) is 7.01. The standard InChI is InChI=1S/C15H19F3N2O/c1-14(8-2-3-9-20-14)13(21)19-10-11-4-6-12(7-5-11)15(16,17)18/h4-7,20H,2-3,8-10H2,1H3,(H,19,21). The van der Waals surface area contributed by atoms with Crippen molar-refractivity contribution in [2.75, 3.05) is 6.54 Å². The largest absolute Gasteiger partial charge is 0.416 e. The third-order valence-corrected chi connectivity index (χ3v) is 3.85. The van der Waals surface area contributed by atoms with E-state index in [4.69, 9.17) is 0 Å². The van der Waals surface area contributed by atoms with E-state index in [9.17, 15) is 18.0 Å². The van der Waals surface area contributed by atoms with Crippen LogP contribution in [-0.2, 0) is 17.5 Å². The molecule has 1 aromatic carbocycles. The van der Waals surface area contributed by atoms with Gasteiger partial charge in [-0.05, 0) is 50.4 Å². The molecule has 1 aromatic rings. The van der Waals surface area contributed by atoms with Gasteiger partial charge in [0.05, 0.1) is 11.1 Å². The Hall–Kier alpha value is -1.56. The van der Waals surface area contributed by atoms with Crippen molar-refractivity contribution < 1.29 is 18.0 Å². The van der Waals surface area contributed by atoms with Gasteiger partial charge in [0, 0.05) is 6.54 Å². The van der Waals surface area contributed by atoms with Crippen LogP contribution in [0.25, 0.3) is 0 Å². The first-order valence-electron chi connectivity index (χ1n) is 7.01. The Morgan fingerprint density at radius 1 is 1.29 bits per heavy atom. The zero-order chi connectivity index (χ0) is 15.5. The van der Waals surface area contributed by atoms with E-state index in [-0.39, 0.29) is 12.5 Å². The Morgan fingerprint density at radius 3 is 2.48 bits per heavy atom. The highest BCUT2D eigenvalue weighted by molar-refractivity contribution is 5.85. The summed E-state index contributed by atoms with van der Waals surface area (Å²) in [5.41, 5.74) is -0.612. The van der Waals surface area contributed by atoms with Gasteiger partial charge in [-0.3, -0.25) is 4.79 Å². The number of nitrogens with one attached hydrogen (secondary N) is 2. The highest BCUT2D eigenvalue weighted by Crippen LogP contribution is 2.29. The van der Waals surface area contributed by atoms with Gasteiger partial charge in [-0.1, -0.05) is 12.1 Å². The first kappa shape index (κ1) is 15.8. The fourth-order valence-corrected chi connectivity index (χ4v) is 2.44. The van der Waals surface area contributed by atoms with Crippen molar-refractivity contribution in [2.45, 2.75) is 44.4 Å². The molecule has 1 unspecified atom stereocenters. The molecule has 0 saturated carbocycles. The van der Waals surface area contributed by atoms with E-state index >= 15 is 0 Å². The Kier molecular flexibility index (Phi) is 4.56. The number of alkyl halides is 3. The van der Waals surface area contributed by atoms with Crippen LogP contribution in [0.3, 0.4) is 0 Å². The number of amides is 1. The van der Waals surface area contributed by atoms with Gasteiger partial charge < -0.3 is 10.6 Å². The molecule has 1 atom stereocenters. The van der Waals surface area contributed by atoms with Gasteiger partial charge in [0.1, 0.15) is 0 Å². The summed E-state index contributed by atoms with van der Waals surface area (Å²) in [4.78, 5) is 12.2. The van der Waals surface area contributed by atoms with Crippen LogP contribution in [0.1, 0.15) is 37.3 Å². The first-order chi connectivity index (χ1) is 9.81. The van der Waals surface area contributed by atoms with E-state index in [0.29, 0.717) is 5.56 Å². The number of halogens is 3. The van der Waals surface area contributed by atoms with Crippen molar-refractivity contribution in [3.63, 3.8) is 0 Å². The fourth-order valence-electron chi connectivity index (χ4n) is 2.44. The molecule has 2 N–H and O–H groups in total. The topological polar surface area (TPSA) is 41.1 Å². The summed E-state index contributed by atoms with van der Waals surface area (Å²) in [6.45, 7) is 2.90. The van der Waals surface area contributed by atoms with Gasteiger partial charge in [0.2, 0.25) is 5.91 Å². The molecule has 3 nitrogen and oxygen atoms in total. The lowest BCUT2D eigenvalue weighted by Gasteiger charge is -2.33. The van der Waals surface area contributed by atoms with E-state index in [0.717, 1.165) is 37.9 Å². The molecule has 1 saturated heterocycles. The predicted octanol–water partition coefficient (Wildman–Crippen LogP) is 2.85. The van der Waals surface area contributed by atoms with Crippen LogP contribution < -0.4 is 10.6 Å². The maximum absolute atomic E-state index is 12.4. The van der Waals surface area contributed by atoms with Gasteiger partial charge in [0.15, 0.2) is 0 Å². The van der Waals surface area contributed by atoms with Crippen LogP contribution in [0.5, 0.6) is 0 Å². The second kappa shape index (κ2) is 6.05. The molecular weight excluding hydrogens is 281 g/mol. The van der Waals surface area contributed by atoms with Crippen LogP contribution >= 0.6 is 0 Å². The molecule has 0 bridgehead atoms. The second-order valence-corrected chi connectivity index (χ2v) is 5.59. The summed E-state index contributed by atoms with van der Waals surface area (Å²) in [5, 5.41) is 5.98. The predicted molar refractivity (Wildman–Crippen MR) is 73.5 cm³/mol. The number of carbonyl (C=O) groups excluding carboxylic acids is 1. The summed E-state index contributed by atoms with van der Waals surface area (Å²) < 4.78 is 37.3. The van der Waals surface area contributed by atoms with E-state index in [1.54, 1.807) is 0 Å². The molecule has 0 aliphatic carbocycles. The maximum atomic E-state index is 12.4. The Balaban J connectivity index is 1.92. The molecule has 1 fully saturated rings. The lowest BCUT2D eigenvalue weighted by Crippen LogP contribution is -2.56. The number of rotatable bonds is 3. The van der Waals surface area contributed by atoms with Crippen molar-refractivity contribution in [3.05, 3.63) is 35.4 Å². The molecule has 1 heterocycles. The van der Waals surface area contributed by atoms with E-state index < -0.39 is 17.3 Å². The quantitative estimate of drug-likeness (QED) is 0.901. The Morgan fingerprint density at radius 2 is 1.95 bits per heavy atom. The summed E-state index contributed by atoms with van der Waals surface area (Å²) in [5.74, 6) is -0.109. The van der Waals surface area contributed by atoms with Crippen LogP contribution in [-0.4, -0.2) is 18.0 Å². The van der Waals surface area contributed by atoms with Gasteiger partial charge in [0.25, 0.3) is 0 Å². The summed E-state index contributed by atoms with van der Waals surface area (Å²) >= 11 is 0. The van der Waals surface area contributed by atoms with Gasteiger partial charge in [-0.15, -0.1) is 0 Å². The van der Waals surface area contributed by atoms with Crippen molar-refractivity contribution in [1.82, 2.24) is 10.6 Å². The smallest absolute Gasteiger partial charge is 0.350 e. The molecule has 21 heavy (non-hydrogen) atoms. The van der Waals surface area contributed by atoms with Crippen LogP contribution in [0.4, 0.5) is 13.2 Å². The van der Waals surface area contributed by atoms with Crippen molar-refractivity contribution >= 4 is 5.91 Å². The molecule has 1 amide bonds. The minimum atomic E-state index is -4.33. The van der Waals surface area contributed by atoms with Gasteiger partial charge >= 0.3 is 6.18 Å². The minimum absolute atomic E-state index is 0.109. The third kappa shape index (κ3) is 3.97. The minimum Gasteiger partial charge on any atom is -0.350 e. The zero-order valence-electron chi connectivity index (χ0n) is 11.9. The molecule has 1 aliphatic heterocycles. The number of hydrogen-bond acceptors (Lipinski definition) is 2. The van der Waals surface area contributed by atoms with Gasteiger partial charge in [-0.25, -0.2) is 0 Å². The highest BCUT2D eigenvalue weighted by atomic mass is 19.4. The molecule has 0 aromatic heterocycles. The summed E-state index contributed by atoms with van der Waals surface area (Å²) in [7, 11) is 0. The number of piperidine rings is 1. The van der Waals surface area contributed by atoms with E-state index in [1.165, 1.54) is 12.1 Å². The van der Waals surface area contributed by atoms with Crippen LogP contribution in [0.2, 0.25) is 0 Å². The van der Waals surface area contributed by atoms with E-state index in [2.05, 4.69) is 10.6 Å². The lowest BCUT2D eigenvalue weighted by atomic mass is 9.90. The van der Waals surface area contributed by atoms with Crippen LogP contribution in [0.15, 0.2) is 24.3 Å². The fraction of sp³-hybridized carbons (Fsp3) is 0.533. The number of hydrogen-bond donors (Lipinski definition) is 2. The highest BCUT2D eigenvalue weighted by Gasteiger charge is 2.34. The zero-order valence-corrected chi connectivity index (χ0v) is 11.9. The summed E-state index contributed by atoms with van der Waals surface area (Å²) in [6.07, 6.45) is -1.51. The lowest BCUT2D eigenvalue weighted by molar-refractivity contribution is -0.137. The molecule has 116 valence electrons. The van der Waals surface area contributed by atoms with Crippen LogP contribution in [0, 0.1) is 0 Å². The van der Waals surface area contributed by atoms with Crippen molar-refractivity contribution in [1.29, 1.82) is 0 Å². The number of carbonyl (C=O) groups is 1. The number of benzene rings is 1. The van der Waals surface area contributed by atoms with Crippen molar-refractivity contribution in [2.24, 2.45) is 0 Å². The van der Waals surface area contributed by atoms with E-state index in [1.807, 2.05) is 6.92 Å². The average molecular weight is 300 g/mol. The molecule has 6 heteroatoms. The SMILES string of the molecule is CC1(C(=O)NCc2ccc(C(F)(F)F)cc2)CCCCN1. The third-order valence-electron chi connectivity index (χ3n) is 3.85. The molecular formula is C15H19F3N2O. The van der Waals surface area contributed by atoms with Gasteiger partial charge in [-0.2, -0.15) is 13.2 Å². The van der Waals surface area contributed by atoms with Crippen molar-refractivity contribution in [3.8, 4) is 0 Å². The Bertz CT molecular complexity index is 491. The second-order valence-electron chi connectivity index (χ2n) is 5.59. The molecule has 0 radical (unpaired) electrons. The molecule has 0 spiro atoms. The monoisotopic (exact) mass is 300 g/mol. The summed E-state index contributed by atoms with van der Waals surface area (Å²) in [6, 6.07) is 4.84. The molecule has 1 aliphatic rings. The average Bonchev–Trinajstić information content (AvgIpc) is 2.45.